The van der Waals surface area contributed by atoms with E-state index in [0.717, 1.165) is 18.5 Å². The van der Waals surface area contributed by atoms with E-state index in [1.807, 2.05) is 65.8 Å². The first-order chi connectivity index (χ1) is 14.3. The molecule has 3 N–H and O–H groups in total. The summed E-state index contributed by atoms with van der Waals surface area (Å²) in [6.45, 7) is 13.1. The number of carbonyl (C=O) groups is 2. The van der Waals surface area contributed by atoms with Crippen LogP contribution in [0.5, 0.6) is 0 Å². The Balaban J connectivity index is 2.66. The van der Waals surface area contributed by atoms with Crippen LogP contribution >= 0.6 is 0 Å². The van der Waals surface area contributed by atoms with Gasteiger partial charge in [-0.3, -0.25) is 9.79 Å². The van der Waals surface area contributed by atoms with E-state index in [1.165, 1.54) is 0 Å². The maximum atomic E-state index is 12.1. The molecule has 0 aliphatic rings. The number of hydrogen-bond donors (Lipinski definition) is 3. The Labute approximate surface area is 186 Å². The van der Waals surface area contributed by atoms with Crippen molar-refractivity contribution in [2.45, 2.75) is 59.1 Å². The van der Waals surface area contributed by atoms with Crippen molar-refractivity contribution in [2.24, 2.45) is 4.99 Å². The molecule has 174 valence electrons. The van der Waals surface area contributed by atoms with Crippen molar-refractivity contribution in [1.82, 2.24) is 20.9 Å². The zero-order chi connectivity index (χ0) is 23.7. The molecule has 0 fully saturated rings. The van der Waals surface area contributed by atoms with E-state index in [9.17, 15) is 9.59 Å². The van der Waals surface area contributed by atoms with Crippen LogP contribution in [-0.4, -0.2) is 67.7 Å². The molecule has 31 heavy (non-hydrogen) atoms. The third-order valence-corrected chi connectivity index (χ3v) is 4.10. The molecular weight excluding hydrogens is 394 g/mol. The molecule has 0 unspecified atom stereocenters. The Hall–Kier alpha value is -2.77. The van der Waals surface area contributed by atoms with Gasteiger partial charge in [0.15, 0.2) is 5.96 Å². The van der Waals surface area contributed by atoms with Crippen molar-refractivity contribution in [3.05, 3.63) is 35.4 Å². The summed E-state index contributed by atoms with van der Waals surface area (Å²) in [5, 5.41) is 9.37. The number of ether oxygens (including phenoxy) is 1. The number of nitrogens with one attached hydrogen (secondary N) is 3. The van der Waals surface area contributed by atoms with Crippen LogP contribution in [0.4, 0.5) is 4.79 Å². The molecule has 0 bridgehead atoms. The molecule has 2 amide bonds. The lowest BCUT2D eigenvalue weighted by molar-refractivity contribution is 0.0476. The summed E-state index contributed by atoms with van der Waals surface area (Å²) in [6, 6.07) is 7.65. The summed E-state index contributed by atoms with van der Waals surface area (Å²) in [5.41, 5.74) is 0.640. The number of carbonyl (C=O) groups excluding carboxylic acids is 2. The Morgan fingerprint density at radius 1 is 1.10 bits per heavy atom. The highest BCUT2D eigenvalue weighted by Crippen LogP contribution is 2.10. The van der Waals surface area contributed by atoms with Gasteiger partial charge in [0.25, 0.3) is 5.91 Å². The number of alkyl carbamates (subject to hydrolysis) is 1. The number of hydrogen-bond acceptors (Lipinski definition) is 4. The van der Waals surface area contributed by atoms with Crippen molar-refractivity contribution >= 4 is 18.0 Å². The van der Waals surface area contributed by atoms with E-state index in [0.29, 0.717) is 24.6 Å². The average molecular weight is 434 g/mol. The lowest BCUT2D eigenvalue weighted by Gasteiger charge is -2.27. The van der Waals surface area contributed by atoms with Crippen LogP contribution in [0.2, 0.25) is 0 Å². The van der Waals surface area contributed by atoms with Gasteiger partial charge in [0, 0.05) is 32.7 Å². The van der Waals surface area contributed by atoms with Gasteiger partial charge < -0.3 is 25.6 Å². The van der Waals surface area contributed by atoms with Gasteiger partial charge >= 0.3 is 6.09 Å². The van der Waals surface area contributed by atoms with Gasteiger partial charge in [-0.05, 0) is 65.7 Å². The molecule has 1 rings (SSSR count). The SMILES string of the molecule is CCNC(=NCC(C)(C)NC(=O)OC(C)(C)C)NCCc1cccc(C(=O)N(C)C)c1. The Bertz CT molecular complexity index is 767. The zero-order valence-corrected chi connectivity index (χ0v) is 20.3. The molecular formula is C23H39N5O3. The number of amides is 2. The summed E-state index contributed by atoms with van der Waals surface area (Å²) in [4.78, 5) is 30.4. The predicted octanol–water partition coefficient (Wildman–Crippen LogP) is 2.79. The fourth-order valence-electron chi connectivity index (χ4n) is 2.68. The fraction of sp³-hybridized carbons (Fsp3) is 0.609. The molecule has 0 radical (unpaired) electrons. The highest BCUT2D eigenvalue weighted by Gasteiger charge is 2.24. The molecule has 8 heteroatoms. The van der Waals surface area contributed by atoms with Gasteiger partial charge in [-0.1, -0.05) is 12.1 Å². The molecule has 1 aromatic rings. The first-order valence-corrected chi connectivity index (χ1v) is 10.7. The number of guanidine groups is 1. The monoisotopic (exact) mass is 433 g/mol. The van der Waals surface area contributed by atoms with Gasteiger partial charge in [-0.2, -0.15) is 0 Å². The van der Waals surface area contributed by atoms with Gasteiger partial charge in [0.2, 0.25) is 0 Å². The smallest absolute Gasteiger partial charge is 0.408 e. The summed E-state index contributed by atoms with van der Waals surface area (Å²) >= 11 is 0. The van der Waals surface area contributed by atoms with Crippen LogP contribution in [0.3, 0.4) is 0 Å². The minimum Gasteiger partial charge on any atom is -0.444 e. The van der Waals surface area contributed by atoms with Gasteiger partial charge in [0.05, 0.1) is 12.1 Å². The van der Waals surface area contributed by atoms with Crippen molar-refractivity contribution in [3.63, 3.8) is 0 Å². The van der Waals surface area contributed by atoms with Crippen LogP contribution in [-0.2, 0) is 11.2 Å². The van der Waals surface area contributed by atoms with Crippen molar-refractivity contribution in [2.75, 3.05) is 33.7 Å². The van der Waals surface area contributed by atoms with E-state index in [2.05, 4.69) is 20.9 Å². The minimum atomic E-state index is -0.564. The number of benzene rings is 1. The second-order valence-corrected chi connectivity index (χ2v) is 9.28. The first-order valence-electron chi connectivity index (χ1n) is 10.7. The Kier molecular flexibility index (Phi) is 9.81. The summed E-state index contributed by atoms with van der Waals surface area (Å²) in [5.74, 6) is 0.659. The highest BCUT2D eigenvalue weighted by atomic mass is 16.6. The Morgan fingerprint density at radius 3 is 2.35 bits per heavy atom. The number of aliphatic imine (C=N–C) groups is 1. The van der Waals surface area contributed by atoms with Gasteiger partial charge in [0.1, 0.15) is 5.60 Å². The van der Waals surface area contributed by atoms with E-state index in [1.54, 1.807) is 19.0 Å². The molecule has 0 spiro atoms. The Morgan fingerprint density at radius 2 is 1.77 bits per heavy atom. The number of nitrogens with zero attached hydrogens (tertiary/aromatic N) is 2. The van der Waals surface area contributed by atoms with Crippen molar-refractivity contribution in [1.29, 1.82) is 0 Å². The molecule has 0 atom stereocenters. The molecule has 0 aromatic heterocycles. The number of rotatable bonds is 8. The van der Waals surface area contributed by atoms with Crippen molar-refractivity contribution in [3.8, 4) is 0 Å². The van der Waals surface area contributed by atoms with Gasteiger partial charge in [-0.25, -0.2) is 4.79 Å². The largest absolute Gasteiger partial charge is 0.444 e. The van der Waals surface area contributed by atoms with Crippen molar-refractivity contribution < 1.29 is 14.3 Å². The third-order valence-electron chi connectivity index (χ3n) is 4.10. The first kappa shape index (κ1) is 26.3. The minimum absolute atomic E-state index is 0.00979. The maximum Gasteiger partial charge on any atom is 0.408 e. The molecule has 0 heterocycles. The molecule has 1 aromatic carbocycles. The third kappa shape index (κ3) is 10.7. The van der Waals surface area contributed by atoms with Gasteiger partial charge in [-0.15, -0.1) is 0 Å². The van der Waals surface area contributed by atoms with E-state index in [4.69, 9.17) is 4.74 Å². The van der Waals surface area contributed by atoms with Crippen LogP contribution in [0, 0.1) is 0 Å². The molecule has 0 aliphatic carbocycles. The molecule has 8 nitrogen and oxygen atoms in total. The normalized spacial score (nSPS) is 12.2. The average Bonchev–Trinajstić information content (AvgIpc) is 2.63. The standard InChI is InChI=1S/C23H39N5O3/c1-9-24-20(26-16-23(5,6)27-21(30)31-22(2,3)4)25-14-13-17-11-10-12-18(15-17)19(29)28(7)8/h10-12,15H,9,13-14,16H2,1-8H3,(H,27,30)(H2,24,25,26). The second-order valence-electron chi connectivity index (χ2n) is 9.28. The summed E-state index contributed by atoms with van der Waals surface area (Å²) in [6.07, 6.45) is 0.288. The van der Waals surface area contributed by atoms with Crippen LogP contribution in [0.25, 0.3) is 0 Å². The molecule has 0 saturated heterocycles. The molecule has 0 saturated carbocycles. The zero-order valence-electron chi connectivity index (χ0n) is 20.3. The van der Waals surface area contributed by atoms with E-state index < -0.39 is 17.2 Å². The molecule has 0 aliphatic heterocycles. The predicted molar refractivity (Wildman–Crippen MR) is 126 cm³/mol. The quantitative estimate of drug-likeness (QED) is 0.433. The highest BCUT2D eigenvalue weighted by molar-refractivity contribution is 5.94. The fourth-order valence-corrected chi connectivity index (χ4v) is 2.68. The van der Waals surface area contributed by atoms with Crippen LogP contribution < -0.4 is 16.0 Å². The van der Waals surface area contributed by atoms with Crippen LogP contribution in [0.1, 0.15) is 57.5 Å². The topological polar surface area (TPSA) is 95.1 Å². The van der Waals surface area contributed by atoms with Crippen LogP contribution in [0.15, 0.2) is 29.3 Å². The lowest BCUT2D eigenvalue weighted by Crippen LogP contribution is -2.49. The lowest BCUT2D eigenvalue weighted by atomic mass is 10.1. The van der Waals surface area contributed by atoms with E-state index in [-0.39, 0.29) is 5.91 Å². The second kappa shape index (κ2) is 11.6. The summed E-state index contributed by atoms with van der Waals surface area (Å²) in [7, 11) is 3.49. The maximum absolute atomic E-state index is 12.1. The summed E-state index contributed by atoms with van der Waals surface area (Å²) < 4.78 is 5.33. The van der Waals surface area contributed by atoms with E-state index >= 15 is 0 Å².